The number of hydrogen-bond acceptors (Lipinski definition) is 3. The summed E-state index contributed by atoms with van der Waals surface area (Å²) in [6, 6.07) is 12.5. The Hall–Kier alpha value is -2.73. The second kappa shape index (κ2) is 7.95. The lowest BCUT2D eigenvalue weighted by atomic mass is 9.96. The molecule has 2 atom stereocenters. The van der Waals surface area contributed by atoms with E-state index in [0.717, 1.165) is 23.0 Å². The molecule has 0 amide bonds. The maximum absolute atomic E-state index is 5.76. The Morgan fingerprint density at radius 3 is 2.62 bits per heavy atom. The van der Waals surface area contributed by atoms with Gasteiger partial charge in [-0.3, -0.25) is 9.97 Å². The van der Waals surface area contributed by atoms with Crippen molar-refractivity contribution in [1.82, 2.24) is 24.8 Å². The summed E-state index contributed by atoms with van der Waals surface area (Å²) in [5.74, 6) is 0.501. The molecule has 0 radical (unpaired) electrons. The van der Waals surface area contributed by atoms with Gasteiger partial charge in [-0.1, -0.05) is 19.9 Å². The molecule has 1 N–H and O–H groups in total. The van der Waals surface area contributed by atoms with Crippen LogP contribution in [0.2, 0.25) is 0 Å². The van der Waals surface area contributed by atoms with Crippen molar-refractivity contribution in [3.8, 4) is 5.69 Å². The molecule has 0 bridgehead atoms. The van der Waals surface area contributed by atoms with Gasteiger partial charge in [-0.2, -0.15) is 0 Å². The predicted octanol–water partition coefficient (Wildman–Crippen LogP) is 4.51. The Bertz CT molecular complexity index is 997. The minimum Gasteiger partial charge on any atom is -0.352 e. The third-order valence-electron chi connectivity index (χ3n) is 5.45. The van der Waals surface area contributed by atoms with E-state index < -0.39 is 0 Å². The molecule has 1 fully saturated rings. The van der Waals surface area contributed by atoms with Gasteiger partial charge in [0.1, 0.15) is 0 Å². The van der Waals surface area contributed by atoms with Gasteiger partial charge in [0.2, 0.25) is 0 Å². The zero-order valence-electron chi connectivity index (χ0n) is 17.3. The standard InChI is InChI=1S/C23H27N5S/c1-15(2)14-27-22(21(26-23(27)29)20-9-5-6-11-25-20)19-12-16(3)28(17(19)4)18-8-7-10-24-13-18/h5-13,15,21-22H,14H2,1-4H3,(H,26,29). The number of nitrogens with one attached hydrogen (secondary N) is 1. The Morgan fingerprint density at radius 2 is 1.97 bits per heavy atom. The smallest absolute Gasteiger partial charge is 0.170 e. The summed E-state index contributed by atoms with van der Waals surface area (Å²) in [4.78, 5) is 11.3. The van der Waals surface area contributed by atoms with Gasteiger partial charge in [0.15, 0.2) is 5.11 Å². The van der Waals surface area contributed by atoms with Crippen molar-refractivity contribution in [2.24, 2.45) is 5.92 Å². The fraction of sp³-hybridized carbons (Fsp3) is 0.348. The number of pyridine rings is 2. The fourth-order valence-corrected chi connectivity index (χ4v) is 4.62. The van der Waals surface area contributed by atoms with Gasteiger partial charge >= 0.3 is 0 Å². The van der Waals surface area contributed by atoms with Crippen LogP contribution in [0.3, 0.4) is 0 Å². The third kappa shape index (κ3) is 3.65. The zero-order chi connectivity index (χ0) is 20.5. The molecule has 6 heteroatoms. The van der Waals surface area contributed by atoms with Gasteiger partial charge in [0.05, 0.1) is 29.7 Å². The average Bonchev–Trinajstić information content (AvgIpc) is 3.18. The predicted molar refractivity (Wildman–Crippen MR) is 120 cm³/mol. The average molecular weight is 406 g/mol. The second-order valence-electron chi connectivity index (χ2n) is 8.05. The molecule has 4 heterocycles. The van der Waals surface area contributed by atoms with Gasteiger partial charge in [-0.15, -0.1) is 0 Å². The molecule has 1 saturated heterocycles. The lowest BCUT2D eigenvalue weighted by Gasteiger charge is -2.29. The van der Waals surface area contributed by atoms with Gasteiger partial charge in [-0.25, -0.2) is 0 Å². The van der Waals surface area contributed by atoms with Gasteiger partial charge in [-0.05, 0) is 67.9 Å². The molecule has 1 aliphatic heterocycles. The number of thiocarbonyl (C=S) groups is 1. The number of aryl methyl sites for hydroxylation is 1. The molecule has 3 aromatic rings. The summed E-state index contributed by atoms with van der Waals surface area (Å²) < 4.78 is 2.27. The largest absolute Gasteiger partial charge is 0.352 e. The van der Waals surface area contributed by atoms with Crippen molar-refractivity contribution in [3.63, 3.8) is 0 Å². The Labute approximate surface area is 177 Å². The highest BCUT2D eigenvalue weighted by atomic mass is 32.1. The van der Waals surface area contributed by atoms with E-state index in [2.05, 4.69) is 70.6 Å². The van der Waals surface area contributed by atoms with Crippen molar-refractivity contribution in [1.29, 1.82) is 0 Å². The SMILES string of the molecule is Cc1cc(C2C(c3ccccn3)NC(=S)N2CC(C)C)c(C)n1-c1cccnc1. The molecule has 5 nitrogen and oxygen atoms in total. The molecule has 0 aromatic carbocycles. The van der Waals surface area contributed by atoms with Crippen LogP contribution in [0.25, 0.3) is 5.69 Å². The van der Waals surface area contributed by atoms with Crippen LogP contribution in [0, 0.1) is 19.8 Å². The molecule has 2 unspecified atom stereocenters. The summed E-state index contributed by atoms with van der Waals surface area (Å²) in [5.41, 5.74) is 5.76. The molecule has 4 rings (SSSR count). The maximum atomic E-state index is 5.76. The Kier molecular flexibility index (Phi) is 5.37. The lowest BCUT2D eigenvalue weighted by molar-refractivity contribution is 0.287. The molecule has 1 aliphatic rings. The molecule has 0 aliphatic carbocycles. The van der Waals surface area contributed by atoms with Crippen molar-refractivity contribution in [2.75, 3.05) is 6.54 Å². The normalized spacial score (nSPS) is 19.1. The highest BCUT2D eigenvalue weighted by molar-refractivity contribution is 7.80. The molecular formula is C23H27N5S. The van der Waals surface area contributed by atoms with Crippen LogP contribution in [0.5, 0.6) is 0 Å². The first-order chi connectivity index (χ1) is 14.0. The summed E-state index contributed by atoms with van der Waals surface area (Å²) in [7, 11) is 0. The van der Waals surface area contributed by atoms with Crippen LogP contribution in [-0.4, -0.2) is 31.1 Å². The monoisotopic (exact) mass is 405 g/mol. The highest BCUT2D eigenvalue weighted by Crippen LogP contribution is 2.41. The van der Waals surface area contributed by atoms with E-state index in [1.165, 1.54) is 17.0 Å². The zero-order valence-corrected chi connectivity index (χ0v) is 18.1. The van der Waals surface area contributed by atoms with Crippen LogP contribution < -0.4 is 5.32 Å². The molecule has 150 valence electrons. The summed E-state index contributed by atoms with van der Waals surface area (Å²) in [6.45, 7) is 9.68. The molecule has 3 aromatic heterocycles. The number of nitrogens with zero attached hydrogens (tertiary/aromatic N) is 4. The fourth-order valence-electron chi connectivity index (χ4n) is 4.30. The van der Waals surface area contributed by atoms with E-state index in [1.54, 1.807) is 6.20 Å². The minimum atomic E-state index is 0.0188. The van der Waals surface area contributed by atoms with Gasteiger partial charge in [0.25, 0.3) is 0 Å². The van der Waals surface area contributed by atoms with Gasteiger partial charge in [0, 0.05) is 30.3 Å². The Morgan fingerprint density at radius 1 is 1.14 bits per heavy atom. The number of rotatable bonds is 5. The van der Waals surface area contributed by atoms with E-state index in [1.807, 2.05) is 30.6 Å². The maximum Gasteiger partial charge on any atom is 0.170 e. The molecule has 29 heavy (non-hydrogen) atoms. The highest BCUT2D eigenvalue weighted by Gasteiger charge is 2.41. The van der Waals surface area contributed by atoms with E-state index >= 15 is 0 Å². The Balaban J connectivity index is 1.83. The topological polar surface area (TPSA) is 46.0 Å². The number of hydrogen-bond donors (Lipinski definition) is 1. The molecule has 0 spiro atoms. The van der Waals surface area contributed by atoms with Crippen molar-refractivity contribution < 1.29 is 0 Å². The van der Waals surface area contributed by atoms with Crippen LogP contribution in [0.15, 0.2) is 55.0 Å². The summed E-state index contributed by atoms with van der Waals surface area (Å²) >= 11 is 5.76. The van der Waals surface area contributed by atoms with Crippen LogP contribution in [-0.2, 0) is 0 Å². The van der Waals surface area contributed by atoms with E-state index in [0.29, 0.717) is 5.92 Å². The minimum absolute atomic E-state index is 0.0188. The van der Waals surface area contributed by atoms with E-state index in [9.17, 15) is 0 Å². The first-order valence-electron chi connectivity index (χ1n) is 10.0. The lowest BCUT2D eigenvalue weighted by Crippen LogP contribution is -2.33. The number of aromatic nitrogens is 3. The van der Waals surface area contributed by atoms with Gasteiger partial charge < -0.3 is 14.8 Å². The van der Waals surface area contributed by atoms with Crippen molar-refractivity contribution in [2.45, 2.75) is 39.8 Å². The van der Waals surface area contributed by atoms with Crippen LogP contribution in [0.1, 0.15) is 48.6 Å². The van der Waals surface area contributed by atoms with E-state index in [4.69, 9.17) is 12.2 Å². The van der Waals surface area contributed by atoms with E-state index in [-0.39, 0.29) is 12.1 Å². The van der Waals surface area contributed by atoms with Crippen LogP contribution in [0.4, 0.5) is 0 Å². The molecular weight excluding hydrogens is 378 g/mol. The van der Waals surface area contributed by atoms with Crippen molar-refractivity contribution >= 4 is 17.3 Å². The van der Waals surface area contributed by atoms with Crippen LogP contribution >= 0.6 is 12.2 Å². The molecule has 0 saturated carbocycles. The second-order valence-corrected chi connectivity index (χ2v) is 8.43. The summed E-state index contributed by atoms with van der Waals surface area (Å²) in [5, 5.41) is 4.34. The third-order valence-corrected chi connectivity index (χ3v) is 5.81. The van der Waals surface area contributed by atoms with Crippen molar-refractivity contribution in [3.05, 3.63) is 77.6 Å². The first-order valence-corrected chi connectivity index (χ1v) is 10.5. The quantitative estimate of drug-likeness (QED) is 0.633. The summed E-state index contributed by atoms with van der Waals surface area (Å²) in [6.07, 6.45) is 5.56. The first kappa shape index (κ1) is 19.6.